The van der Waals surface area contributed by atoms with Crippen molar-refractivity contribution in [3.05, 3.63) is 104 Å². The van der Waals surface area contributed by atoms with Gasteiger partial charge in [-0.1, -0.05) is 314 Å². The second-order valence-corrected chi connectivity index (χ2v) is 35.8. The maximum atomic E-state index is 6.63. The molecule has 4 aromatic rings. The molecule has 0 atom stereocenters. The second kappa shape index (κ2) is 38.9. The van der Waals surface area contributed by atoms with E-state index in [4.69, 9.17) is 32.6 Å². The summed E-state index contributed by atoms with van der Waals surface area (Å²) in [6, 6.07) is 28.3. The largest absolute Gasteiger partial charge is 0.640 e. The molecule has 9 rings (SSSR count). The van der Waals surface area contributed by atoms with Crippen LogP contribution in [0.2, 0.25) is 0 Å². The van der Waals surface area contributed by atoms with E-state index in [2.05, 4.69) is 188 Å². The molecule has 2 aliphatic carbocycles. The average molecular weight is 1490 g/mol. The van der Waals surface area contributed by atoms with Crippen LogP contribution in [-0.2, 0) is 43.4 Å². The van der Waals surface area contributed by atoms with E-state index in [-0.39, 0.29) is 64.8 Å². The van der Waals surface area contributed by atoms with Crippen molar-refractivity contribution in [2.45, 2.75) is 406 Å². The van der Waals surface area contributed by atoms with E-state index in [1.807, 2.05) is 41.5 Å². The molecule has 5 aliphatic rings. The quantitative estimate of drug-likeness (QED) is 0.0325. The minimum absolute atomic E-state index is 0.0611. The van der Waals surface area contributed by atoms with Crippen LogP contribution in [0.5, 0.6) is 0 Å². The summed E-state index contributed by atoms with van der Waals surface area (Å²) in [5, 5.41) is 0. The zero-order chi connectivity index (χ0) is 72.1. The predicted molar refractivity (Wildman–Crippen MR) is 433 cm³/mol. The zero-order valence-corrected chi connectivity index (χ0v) is 69.5. The van der Waals surface area contributed by atoms with Crippen LogP contribution >= 0.6 is 31.9 Å². The molecule has 0 unspecified atom stereocenters. The van der Waals surface area contributed by atoms with Crippen molar-refractivity contribution in [1.82, 2.24) is 0 Å². The van der Waals surface area contributed by atoms with Gasteiger partial charge in [-0.05, 0) is 202 Å². The number of unbranched alkanes of at least 4 members (excludes halogenated alkanes) is 28. The molecule has 3 aliphatic heterocycles. The lowest BCUT2D eigenvalue weighted by Gasteiger charge is -2.33. The van der Waals surface area contributed by atoms with Crippen molar-refractivity contribution in [2.75, 3.05) is 0 Å². The van der Waals surface area contributed by atoms with Gasteiger partial charge in [0, 0.05) is 25.9 Å². The zero-order valence-electron chi connectivity index (χ0n) is 66.3. The molecule has 3 saturated heterocycles. The Morgan fingerprint density at radius 3 is 0.778 bits per heavy atom. The number of hydrogen-bond acceptors (Lipinski definition) is 7. The Morgan fingerprint density at radius 2 is 0.525 bits per heavy atom. The first-order valence-corrected chi connectivity index (χ1v) is 42.3. The van der Waals surface area contributed by atoms with Crippen LogP contribution in [-0.4, -0.2) is 61.3 Å². The summed E-state index contributed by atoms with van der Waals surface area (Å²) in [6.07, 6.45) is 48.5. The van der Waals surface area contributed by atoms with Crippen LogP contribution < -0.4 is 10.9 Å². The molecule has 3 heterocycles. The Hall–Kier alpha value is -2.25. The van der Waals surface area contributed by atoms with E-state index < -0.39 is 7.32 Å². The molecule has 12 heteroatoms. The van der Waals surface area contributed by atoms with Gasteiger partial charge in [0.25, 0.3) is 0 Å². The summed E-state index contributed by atoms with van der Waals surface area (Å²) in [5.74, 6) is 0. The summed E-state index contributed by atoms with van der Waals surface area (Å²) in [6.45, 7) is 38.4. The highest BCUT2D eigenvalue weighted by Crippen LogP contribution is 2.57. The van der Waals surface area contributed by atoms with Gasteiger partial charge in [-0.3, -0.25) is 0 Å². The minimum atomic E-state index is -0.523. The molecule has 0 aromatic heterocycles. The number of benzene rings is 4. The Labute approximate surface area is 625 Å². The lowest BCUT2D eigenvalue weighted by Crippen LogP contribution is -2.41. The van der Waals surface area contributed by atoms with E-state index in [9.17, 15) is 0 Å². The highest BCUT2D eigenvalue weighted by Gasteiger charge is 2.56. The lowest BCUT2D eigenvalue weighted by atomic mass is 9.67. The SMILES string of the molecule is CC(C)OB1OC(C)(C)C(C)(C)O1.CCCCCCCCCCC1(CCCCCCCCCC)c2cc(B3OC(C)(C)C(C)(C)O3)ccc2-c2ccc(B3OC(C)(C)C(C)(C)O3)cc21.CCCCCCCCCCC1(CCCCCCCCCC)c2cc(Br)ccc2-c2ccc(Br)cc21. The summed E-state index contributed by atoms with van der Waals surface area (Å²) < 4.78 is 45.7. The van der Waals surface area contributed by atoms with Gasteiger partial charge >= 0.3 is 21.6 Å². The molecule has 0 amide bonds. The highest BCUT2D eigenvalue weighted by molar-refractivity contribution is 9.10. The summed E-state index contributed by atoms with van der Waals surface area (Å²) in [5.41, 5.74) is 12.1. The second-order valence-electron chi connectivity index (χ2n) is 34.0. The first-order chi connectivity index (χ1) is 47.0. The van der Waals surface area contributed by atoms with Gasteiger partial charge in [-0.2, -0.15) is 0 Å². The van der Waals surface area contributed by atoms with Gasteiger partial charge in [-0.25, -0.2) is 0 Å². The van der Waals surface area contributed by atoms with E-state index in [0.29, 0.717) is 0 Å². The van der Waals surface area contributed by atoms with Crippen molar-refractivity contribution in [3.63, 3.8) is 0 Å². The van der Waals surface area contributed by atoms with Crippen LogP contribution in [0.25, 0.3) is 22.3 Å². The van der Waals surface area contributed by atoms with Gasteiger partial charge in [0.2, 0.25) is 0 Å². The standard InChI is InChI=1S/C45H72B2O4.C33H48Br2.C9H19BO3/c1-11-13-15-17-19-21-23-25-31-45(32-26-24-22-20-18-16-14-12-2)39-33-35(46-48-41(3,4)42(5,6)49-46)27-29-37(39)38-30-28-36(34-40(38)45)47-50-43(7,8)44(9,10)51-47;1-3-5-7-9-11-13-15-17-23-33(24-18-16-14-12-10-8-6-4-2)31-25-27(34)19-21-29(31)30-22-20-28(35)26-32(30)33;1-7(2)11-10-12-8(3,4)9(5,6)13-10/h27-30,33-34H,11-26,31-32H2,1-10H3;19-22,25-26H,3-18,23-24H2,1-2H3;7H,1-6H3. The number of halogens is 2. The Kier molecular flexibility index (Phi) is 33.0. The Bertz CT molecular complexity index is 2830. The molecular weight excluding hydrogens is 1350 g/mol. The third-order valence-electron chi connectivity index (χ3n) is 24.2. The van der Waals surface area contributed by atoms with Gasteiger partial charge in [0.15, 0.2) is 0 Å². The van der Waals surface area contributed by atoms with Crippen molar-refractivity contribution in [2.24, 2.45) is 0 Å². The van der Waals surface area contributed by atoms with Gasteiger partial charge in [0.1, 0.15) is 0 Å². The predicted octanol–water partition coefficient (Wildman–Crippen LogP) is 26.2. The molecular formula is C87H139B3Br2O7. The average Bonchev–Trinajstić information content (AvgIpc) is 1.58. The highest BCUT2D eigenvalue weighted by atomic mass is 79.9. The van der Waals surface area contributed by atoms with Crippen molar-refractivity contribution in [1.29, 1.82) is 0 Å². The normalized spacial score (nSPS) is 18.8. The van der Waals surface area contributed by atoms with Gasteiger partial charge < -0.3 is 32.6 Å². The van der Waals surface area contributed by atoms with E-state index in [0.717, 1.165) is 23.8 Å². The van der Waals surface area contributed by atoms with Crippen LogP contribution in [0.1, 0.15) is 378 Å². The van der Waals surface area contributed by atoms with E-state index in [1.165, 1.54) is 261 Å². The van der Waals surface area contributed by atoms with Crippen LogP contribution in [0.15, 0.2) is 81.7 Å². The fourth-order valence-corrected chi connectivity index (χ4v) is 16.6. The first-order valence-electron chi connectivity index (χ1n) is 40.7. The van der Waals surface area contributed by atoms with Crippen LogP contribution in [0.3, 0.4) is 0 Å². The topological polar surface area (TPSA) is 64.6 Å². The van der Waals surface area contributed by atoms with E-state index in [1.54, 1.807) is 11.1 Å². The molecule has 4 aromatic carbocycles. The smallest absolute Gasteiger partial charge is 0.399 e. The summed E-state index contributed by atoms with van der Waals surface area (Å²) >= 11 is 7.62. The summed E-state index contributed by atoms with van der Waals surface area (Å²) in [7, 11) is -1.26. The van der Waals surface area contributed by atoms with Crippen LogP contribution in [0.4, 0.5) is 0 Å². The molecule has 0 spiro atoms. The Morgan fingerprint density at radius 1 is 0.303 bits per heavy atom. The summed E-state index contributed by atoms with van der Waals surface area (Å²) in [4.78, 5) is 0. The molecule has 0 bridgehead atoms. The minimum Gasteiger partial charge on any atom is -0.399 e. The third kappa shape index (κ3) is 22.2. The third-order valence-corrected chi connectivity index (χ3v) is 25.2. The monoisotopic (exact) mass is 1490 g/mol. The molecule has 0 saturated carbocycles. The molecule has 3 fully saturated rings. The maximum Gasteiger partial charge on any atom is 0.640 e. The van der Waals surface area contributed by atoms with Crippen LogP contribution in [0, 0.1) is 0 Å². The number of fused-ring (bicyclic) bond motifs is 6. The molecule has 0 N–H and O–H groups in total. The van der Waals surface area contributed by atoms with Crippen molar-refractivity contribution in [3.8, 4) is 22.3 Å². The molecule has 552 valence electrons. The van der Waals surface area contributed by atoms with Crippen molar-refractivity contribution < 1.29 is 32.6 Å². The van der Waals surface area contributed by atoms with Crippen molar-refractivity contribution >= 4 is 64.3 Å². The number of hydrogen-bond donors (Lipinski definition) is 0. The maximum absolute atomic E-state index is 6.63. The van der Waals surface area contributed by atoms with Gasteiger partial charge in [-0.15, -0.1) is 0 Å². The molecule has 0 radical (unpaired) electrons. The fourth-order valence-electron chi connectivity index (χ4n) is 15.9. The molecule has 99 heavy (non-hydrogen) atoms. The molecule has 7 nitrogen and oxygen atoms in total. The lowest BCUT2D eigenvalue weighted by molar-refractivity contribution is 0.00578. The van der Waals surface area contributed by atoms with E-state index >= 15 is 0 Å². The first kappa shape index (κ1) is 84.0. The fraction of sp³-hybridized carbons (Fsp3) is 0.724. The number of rotatable bonds is 40. The Balaban J connectivity index is 0.000000246. The van der Waals surface area contributed by atoms with Gasteiger partial charge in [0.05, 0.1) is 33.6 Å².